The Bertz CT molecular complexity index is 431. The van der Waals surface area contributed by atoms with Gasteiger partial charge < -0.3 is 4.74 Å². The second kappa shape index (κ2) is 6.29. The highest BCUT2D eigenvalue weighted by molar-refractivity contribution is 5.89. The number of carbonyl (C=O) groups is 1. The molecule has 1 aliphatic carbocycles. The summed E-state index contributed by atoms with van der Waals surface area (Å²) in [7, 11) is 0. The molecule has 0 aromatic heterocycles. The van der Waals surface area contributed by atoms with Crippen LogP contribution in [0.15, 0.2) is 24.3 Å². The molecule has 1 fully saturated rings. The van der Waals surface area contributed by atoms with Gasteiger partial charge in [-0.25, -0.2) is 4.39 Å². The Kier molecular flexibility index (Phi) is 4.70. The second-order valence-corrected chi connectivity index (χ2v) is 5.18. The van der Waals surface area contributed by atoms with Crippen LogP contribution in [-0.4, -0.2) is 18.0 Å². The van der Waals surface area contributed by atoms with Crippen molar-refractivity contribution in [2.24, 2.45) is 0 Å². The number of rotatable bonds is 5. The molecule has 19 heavy (non-hydrogen) atoms. The average Bonchev–Trinajstić information content (AvgIpc) is 2.42. The molecule has 1 aromatic carbocycles. The molecule has 1 saturated carbocycles. The molecule has 0 radical (unpaired) electrons. The van der Waals surface area contributed by atoms with Crippen LogP contribution in [-0.2, 0) is 16.0 Å². The summed E-state index contributed by atoms with van der Waals surface area (Å²) in [6.45, 7) is 2.44. The Hall–Kier alpha value is -1.22. The number of benzene rings is 1. The van der Waals surface area contributed by atoms with Crippen LogP contribution in [0.25, 0.3) is 0 Å². The van der Waals surface area contributed by atoms with Crippen molar-refractivity contribution in [1.82, 2.24) is 0 Å². The molecule has 1 aromatic rings. The van der Waals surface area contributed by atoms with Crippen molar-refractivity contribution >= 4 is 5.78 Å². The summed E-state index contributed by atoms with van der Waals surface area (Å²) < 4.78 is 19.4. The number of halogens is 1. The Morgan fingerprint density at radius 2 is 1.95 bits per heavy atom. The molecule has 1 aliphatic rings. The zero-order chi connectivity index (χ0) is 13.7. The van der Waals surface area contributed by atoms with Crippen LogP contribution >= 0.6 is 0 Å². The van der Waals surface area contributed by atoms with Gasteiger partial charge in [-0.2, -0.15) is 0 Å². The first-order chi connectivity index (χ1) is 9.18. The highest BCUT2D eigenvalue weighted by Gasteiger charge is 2.39. The van der Waals surface area contributed by atoms with Gasteiger partial charge in [-0.3, -0.25) is 4.79 Å². The standard InChI is InChI=1S/C16H21FO2/c1-2-19-16(10-6-3-7-11-16)15(18)12-13-8-4-5-9-14(13)17/h4-5,8-9H,2-3,6-7,10-12H2,1H3. The van der Waals surface area contributed by atoms with Gasteiger partial charge >= 0.3 is 0 Å². The van der Waals surface area contributed by atoms with Crippen LogP contribution in [0.2, 0.25) is 0 Å². The molecule has 0 aliphatic heterocycles. The predicted octanol–water partition coefficient (Wildman–Crippen LogP) is 3.68. The minimum Gasteiger partial charge on any atom is -0.367 e. The number of carbonyl (C=O) groups excluding carboxylic acids is 1. The summed E-state index contributed by atoms with van der Waals surface area (Å²) >= 11 is 0. The quantitative estimate of drug-likeness (QED) is 0.811. The van der Waals surface area contributed by atoms with E-state index in [2.05, 4.69) is 0 Å². The van der Waals surface area contributed by atoms with Crippen LogP contribution in [0.5, 0.6) is 0 Å². The maximum absolute atomic E-state index is 13.6. The number of hydrogen-bond acceptors (Lipinski definition) is 2. The van der Waals surface area contributed by atoms with Crippen molar-refractivity contribution in [2.75, 3.05) is 6.61 Å². The molecule has 0 heterocycles. The van der Waals surface area contributed by atoms with E-state index in [1.807, 2.05) is 6.92 Å². The third-order valence-corrected chi connectivity index (χ3v) is 3.90. The zero-order valence-electron chi connectivity index (χ0n) is 11.5. The van der Waals surface area contributed by atoms with E-state index < -0.39 is 5.60 Å². The lowest BCUT2D eigenvalue weighted by Crippen LogP contribution is -2.44. The number of Topliss-reactive ketones (excluding diaryl/α,β-unsaturated/α-hetero) is 1. The molecule has 2 nitrogen and oxygen atoms in total. The fraction of sp³-hybridized carbons (Fsp3) is 0.562. The first kappa shape index (κ1) is 14.2. The number of ether oxygens (including phenoxy) is 1. The number of ketones is 1. The van der Waals surface area contributed by atoms with Gasteiger partial charge in [0, 0.05) is 13.0 Å². The zero-order valence-corrected chi connectivity index (χ0v) is 11.5. The monoisotopic (exact) mass is 264 g/mol. The SMILES string of the molecule is CCOC1(C(=O)Cc2ccccc2F)CCCCC1. The lowest BCUT2D eigenvalue weighted by Gasteiger charge is -2.35. The molecule has 0 spiro atoms. The normalized spacial score (nSPS) is 18.2. The first-order valence-electron chi connectivity index (χ1n) is 7.08. The van der Waals surface area contributed by atoms with Crippen LogP contribution < -0.4 is 0 Å². The highest BCUT2D eigenvalue weighted by atomic mass is 19.1. The van der Waals surface area contributed by atoms with Crippen molar-refractivity contribution < 1.29 is 13.9 Å². The summed E-state index contributed by atoms with van der Waals surface area (Å²) in [6.07, 6.45) is 4.86. The van der Waals surface area contributed by atoms with E-state index in [1.165, 1.54) is 6.07 Å². The van der Waals surface area contributed by atoms with Crippen molar-refractivity contribution in [3.63, 3.8) is 0 Å². The van der Waals surface area contributed by atoms with Crippen molar-refractivity contribution in [3.8, 4) is 0 Å². The molecule has 2 rings (SSSR count). The van der Waals surface area contributed by atoms with E-state index in [0.717, 1.165) is 32.1 Å². The molecule has 0 N–H and O–H groups in total. The maximum Gasteiger partial charge on any atom is 0.169 e. The molecule has 0 bridgehead atoms. The molecule has 0 amide bonds. The molecule has 104 valence electrons. The van der Waals surface area contributed by atoms with E-state index in [9.17, 15) is 9.18 Å². The van der Waals surface area contributed by atoms with Gasteiger partial charge in [0.25, 0.3) is 0 Å². The molecule has 0 atom stereocenters. The van der Waals surface area contributed by atoms with Gasteiger partial charge in [0.1, 0.15) is 11.4 Å². The smallest absolute Gasteiger partial charge is 0.169 e. The van der Waals surface area contributed by atoms with Gasteiger partial charge in [0.2, 0.25) is 0 Å². The number of hydrogen-bond donors (Lipinski definition) is 0. The van der Waals surface area contributed by atoms with Crippen molar-refractivity contribution in [1.29, 1.82) is 0 Å². The summed E-state index contributed by atoms with van der Waals surface area (Å²) in [5.74, 6) is -0.280. The lowest BCUT2D eigenvalue weighted by molar-refractivity contribution is -0.148. The average molecular weight is 264 g/mol. The highest BCUT2D eigenvalue weighted by Crippen LogP contribution is 2.33. The first-order valence-corrected chi connectivity index (χ1v) is 7.08. The maximum atomic E-state index is 13.6. The van der Waals surface area contributed by atoms with Gasteiger partial charge in [-0.15, -0.1) is 0 Å². The summed E-state index contributed by atoms with van der Waals surface area (Å²) in [4.78, 5) is 12.5. The van der Waals surface area contributed by atoms with Gasteiger partial charge in [0.05, 0.1) is 0 Å². The summed E-state index contributed by atoms with van der Waals surface area (Å²) in [5.41, 5.74) is -0.202. The molecular weight excluding hydrogens is 243 g/mol. The Labute approximate surface area is 114 Å². The van der Waals surface area contributed by atoms with E-state index in [4.69, 9.17) is 4.74 Å². The van der Waals surface area contributed by atoms with Gasteiger partial charge in [-0.05, 0) is 31.4 Å². The fourth-order valence-electron chi connectivity index (χ4n) is 2.88. The van der Waals surface area contributed by atoms with E-state index in [0.29, 0.717) is 12.2 Å². The van der Waals surface area contributed by atoms with Crippen molar-refractivity contribution in [2.45, 2.75) is 51.0 Å². The van der Waals surface area contributed by atoms with Gasteiger partial charge in [0.15, 0.2) is 5.78 Å². The minimum absolute atomic E-state index is 0.0270. The van der Waals surface area contributed by atoms with E-state index in [-0.39, 0.29) is 18.0 Å². The van der Waals surface area contributed by atoms with Crippen LogP contribution in [0.4, 0.5) is 4.39 Å². The minimum atomic E-state index is -0.671. The lowest BCUT2D eigenvalue weighted by atomic mass is 9.79. The summed E-state index contributed by atoms with van der Waals surface area (Å²) in [6, 6.07) is 6.48. The second-order valence-electron chi connectivity index (χ2n) is 5.18. The predicted molar refractivity (Wildman–Crippen MR) is 72.6 cm³/mol. The van der Waals surface area contributed by atoms with E-state index >= 15 is 0 Å². The third-order valence-electron chi connectivity index (χ3n) is 3.90. The Morgan fingerprint density at radius 1 is 1.26 bits per heavy atom. The third kappa shape index (κ3) is 3.21. The topological polar surface area (TPSA) is 26.3 Å². The summed E-state index contributed by atoms with van der Waals surface area (Å²) in [5, 5.41) is 0. The molecule has 0 saturated heterocycles. The molecular formula is C16H21FO2. The van der Waals surface area contributed by atoms with Crippen LogP contribution in [0.3, 0.4) is 0 Å². The Balaban J connectivity index is 2.14. The van der Waals surface area contributed by atoms with E-state index in [1.54, 1.807) is 18.2 Å². The van der Waals surface area contributed by atoms with Crippen molar-refractivity contribution in [3.05, 3.63) is 35.6 Å². The van der Waals surface area contributed by atoms with Crippen LogP contribution in [0, 0.1) is 5.82 Å². The Morgan fingerprint density at radius 3 is 2.58 bits per heavy atom. The van der Waals surface area contributed by atoms with Gasteiger partial charge in [-0.1, -0.05) is 37.5 Å². The molecule has 0 unspecified atom stereocenters. The van der Waals surface area contributed by atoms with Crippen LogP contribution in [0.1, 0.15) is 44.6 Å². The largest absolute Gasteiger partial charge is 0.367 e. The fourth-order valence-corrected chi connectivity index (χ4v) is 2.88. The molecule has 3 heteroatoms.